The van der Waals surface area contributed by atoms with Gasteiger partial charge in [0.15, 0.2) is 0 Å². The molecule has 138 valence electrons. The standard InChI is InChI=1S/C21H20N2O3S/c1-13-6-7-15(11-14(13)2)20(24)22-16-8-9-17(18(12-16)26-3)23-21(25)19-5-4-10-27-19/h4-12H,1-3H3,(H,22,24)(H,23,25). The fraction of sp³-hybridized carbons (Fsp3) is 0.143. The normalized spacial score (nSPS) is 10.3. The van der Waals surface area contributed by atoms with Gasteiger partial charge in [-0.05, 0) is 60.7 Å². The third-order valence-electron chi connectivity index (χ3n) is 4.22. The molecule has 0 aliphatic rings. The van der Waals surface area contributed by atoms with E-state index in [1.165, 1.54) is 18.4 Å². The summed E-state index contributed by atoms with van der Waals surface area (Å²) in [6.07, 6.45) is 0. The first-order valence-corrected chi connectivity index (χ1v) is 9.27. The van der Waals surface area contributed by atoms with Crippen molar-refractivity contribution >= 4 is 34.5 Å². The van der Waals surface area contributed by atoms with E-state index < -0.39 is 0 Å². The summed E-state index contributed by atoms with van der Waals surface area (Å²) < 4.78 is 5.36. The van der Waals surface area contributed by atoms with E-state index in [1.54, 1.807) is 30.3 Å². The zero-order valence-electron chi connectivity index (χ0n) is 15.3. The van der Waals surface area contributed by atoms with Gasteiger partial charge in [0.05, 0.1) is 17.7 Å². The van der Waals surface area contributed by atoms with Crippen molar-refractivity contribution in [3.05, 3.63) is 75.5 Å². The van der Waals surface area contributed by atoms with Gasteiger partial charge in [0.25, 0.3) is 11.8 Å². The van der Waals surface area contributed by atoms with Gasteiger partial charge in [-0.3, -0.25) is 9.59 Å². The predicted octanol–water partition coefficient (Wildman–Crippen LogP) is 4.88. The molecule has 2 amide bonds. The van der Waals surface area contributed by atoms with Crippen molar-refractivity contribution in [3.63, 3.8) is 0 Å². The summed E-state index contributed by atoms with van der Waals surface area (Å²) in [5.74, 6) is 0.0727. The van der Waals surface area contributed by atoms with Gasteiger partial charge in [-0.2, -0.15) is 0 Å². The summed E-state index contributed by atoms with van der Waals surface area (Å²) >= 11 is 1.37. The molecule has 0 saturated carbocycles. The third-order valence-corrected chi connectivity index (χ3v) is 5.09. The van der Waals surface area contributed by atoms with E-state index in [9.17, 15) is 9.59 Å². The molecule has 0 saturated heterocycles. The van der Waals surface area contributed by atoms with Gasteiger partial charge in [-0.25, -0.2) is 0 Å². The lowest BCUT2D eigenvalue weighted by molar-refractivity contribution is 0.101. The molecule has 6 heteroatoms. The topological polar surface area (TPSA) is 67.4 Å². The lowest BCUT2D eigenvalue weighted by Crippen LogP contribution is -2.13. The highest BCUT2D eigenvalue weighted by Gasteiger charge is 2.13. The number of aryl methyl sites for hydroxylation is 2. The van der Waals surface area contributed by atoms with Gasteiger partial charge in [0.1, 0.15) is 5.75 Å². The maximum atomic E-state index is 12.5. The molecule has 2 N–H and O–H groups in total. The molecular weight excluding hydrogens is 360 g/mol. The second-order valence-electron chi connectivity index (χ2n) is 6.10. The largest absolute Gasteiger partial charge is 0.494 e. The van der Waals surface area contributed by atoms with Crippen LogP contribution in [-0.4, -0.2) is 18.9 Å². The molecule has 3 aromatic rings. The maximum absolute atomic E-state index is 12.5. The molecule has 1 aromatic heterocycles. The summed E-state index contributed by atoms with van der Waals surface area (Å²) in [5.41, 5.74) is 3.92. The molecule has 0 radical (unpaired) electrons. The fourth-order valence-electron chi connectivity index (χ4n) is 2.55. The van der Waals surface area contributed by atoms with Gasteiger partial charge in [-0.1, -0.05) is 12.1 Å². The van der Waals surface area contributed by atoms with E-state index in [1.807, 2.05) is 37.4 Å². The van der Waals surface area contributed by atoms with E-state index in [2.05, 4.69) is 10.6 Å². The van der Waals surface area contributed by atoms with Crippen LogP contribution in [0.2, 0.25) is 0 Å². The third kappa shape index (κ3) is 4.35. The second-order valence-corrected chi connectivity index (χ2v) is 7.05. The van der Waals surface area contributed by atoms with Crippen molar-refractivity contribution in [2.45, 2.75) is 13.8 Å². The number of carbonyl (C=O) groups is 2. The lowest BCUT2D eigenvalue weighted by Gasteiger charge is -2.13. The van der Waals surface area contributed by atoms with Gasteiger partial charge >= 0.3 is 0 Å². The number of methoxy groups -OCH3 is 1. The van der Waals surface area contributed by atoms with E-state index in [-0.39, 0.29) is 11.8 Å². The average molecular weight is 380 g/mol. The zero-order valence-corrected chi connectivity index (χ0v) is 16.1. The predicted molar refractivity (Wildman–Crippen MR) is 109 cm³/mol. The van der Waals surface area contributed by atoms with Crippen LogP contribution in [0.3, 0.4) is 0 Å². The highest BCUT2D eigenvalue weighted by atomic mass is 32.1. The Morgan fingerprint density at radius 3 is 2.41 bits per heavy atom. The Balaban J connectivity index is 1.76. The average Bonchev–Trinajstić information content (AvgIpc) is 3.20. The maximum Gasteiger partial charge on any atom is 0.265 e. The molecule has 0 unspecified atom stereocenters. The fourth-order valence-corrected chi connectivity index (χ4v) is 3.17. The molecule has 0 atom stereocenters. The van der Waals surface area contributed by atoms with Crippen molar-refractivity contribution in [2.24, 2.45) is 0 Å². The summed E-state index contributed by atoms with van der Waals surface area (Å²) in [6.45, 7) is 3.98. The molecule has 2 aromatic carbocycles. The number of amides is 2. The number of hydrogen-bond donors (Lipinski definition) is 2. The molecule has 1 heterocycles. The number of thiophene rings is 1. The SMILES string of the molecule is COc1cc(NC(=O)c2ccc(C)c(C)c2)ccc1NC(=O)c1cccs1. The number of carbonyl (C=O) groups excluding carboxylic acids is 2. The summed E-state index contributed by atoms with van der Waals surface area (Å²) in [7, 11) is 1.52. The summed E-state index contributed by atoms with van der Waals surface area (Å²) in [4.78, 5) is 25.3. The van der Waals surface area contributed by atoms with Crippen LogP contribution in [0, 0.1) is 13.8 Å². The van der Waals surface area contributed by atoms with Crippen LogP contribution in [0.1, 0.15) is 31.2 Å². The Labute approximate surface area is 162 Å². The van der Waals surface area contributed by atoms with Crippen LogP contribution in [-0.2, 0) is 0 Å². The molecular formula is C21H20N2O3S. The second kappa shape index (κ2) is 8.05. The number of benzene rings is 2. The van der Waals surface area contributed by atoms with Crippen molar-refractivity contribution < 1.29 is 14.3 Å². The van der Waals surface area contributed by atoms with E-state index in [0.29, 0.717) is 27.6 Å². The molecule has 0 fully saturated rings. The first-order chi connectivity index (χ1) is 13.0. The Morgan fingerprint density at radius 2 is 1.74 bits per heavy atom. The highest BCUT2D eigenvalue weighted by Crippen LogP contribution is 2.29. The van der Waals surface area contributed by atoms with Crippen LogP contribution in [0.25, 0.3) is 0 Å². The molecule has 3 rings (SSSR count). The van der Waals surface area contributed by atoms with Crippen LogP contribution in [0.4, 0.5) is 11.4 Å². The van der Waals surface area contributed by atoms with Gasteiger partial charge in [0.2, 0.25) is 0 Å². The van der Waals surface area contributed by atoms with Gasteiger partial charge < -0.3 is 15.4 Å². The minimum atomic E-state index is -0.199. The first kappa shape index (κ1) is 18.7. The molecule has 0 aliphatic heterocycles. The molecule has 5 nitrogen and oxygen atoms in total. The molecule has 0 spiro atoms. The Kier molecular flexibility index (Phi) is 5.57. The summed E-state index contributed by atoms with van der Waals surface area (Å²) in [6, 6.07) is 14.3. The number of anilines is 2. The monoisotopic (exact) mass is 380 g/mol. The molecule has 0 bridgehead atoms. The Bertz CT molecular complexity index is 981. The van der Waals surface area contributed by atoms with Crippen molar-refractivity contribution in [3.8, 4) is 5.75 Å². The zero-order chi connectivity index (χ0) is 19.4. The quantitative estimate of drug-likeness (QED) is 0.663. The van der Waals surface area contributed by atoms with E-state index in [4.69, 9.17) is 4.74 Å². The van der Waals surface area contributed by atoms with E-state index in [0.717, 1.165) is 11.1 Å². The summed E-state index contributed by atoms with van der Waals surface area (Å²) in [5, 5.41) is 7.53. The number of hydrogen-bond acceptors (Lipinski definition) is 4. The van der Waals surface area contributed by atoms with Crippen molar-refractivity contribution in [1.29, 1.82) is 0 Å². The molecule has 27 heavy (non-hydrogen) atoms. The number of nitrogens with one attached hydrogen (secondary N) is 2. The number of rotatable bonds is 5. The van der Waals surface area contributed by atoms with E-state index >= 15 is 0 Å². The molecule has 0 aliphatic carbocycles. The first-order valence-electron chi connectivity index (χ1n) is 8.39. The van der Waals surface area contributed by atoms with Crippen molar-refractivity contribution in [2.75, 3.05) is 17.7 Å². The minimum absolute atomic E-state index is 0.199. The van der Waals surface area contributed by atoms with Crippen LogP contribution in [0.5, 0.6) is 5.75 Å². The van der Waals surface area contributed by atoms with Crippen LogP contribution >= 0.6 is 11.3 Å². The van der Waals surface area contributed by atoms with Crippen LogP contribution < -0.4 is 15.4 Å². The lowest BCUT2D eigenvalue weighted by atomic mass is 10.1. The Morgan fingerprint density at radius 1 is 0.926 bits per heavy atom. The van der Waals surface area contributed by atoms with Gasteiger partial charge in [0, 0.05) is 17.3 Å². The smallest absolute Gasteiger partial charge is 0.265 e. The van der Waals surface area contributed by atoms with Gasteiger partial charge in [-0.15, -0.1) is 11.3 Å². The minimum Gasteiger partial charge on any atom is -0.494 e. The van der Waals surface area contributed by atoms with Crippen molar-refractivity contribution in [1.82, 2.24) is 0 Å². The van der Waals surface area contributed by atoms with Crippen LogP contribution in [0.15, 0.2) is 53.9 Å². The number of ether oxygens (including phenoxy) is 1. The Hall–Kier alpha value is -3.12. The highest BCUT2D eigenvalue weighted by molar-refractivity contribution is 7.12.